The molecule has 0 aliphatic rings. The number of benzene rings is 1. The lowest BCUT2D eigenvalue weighted by Gasteiger charge is -2.13. The van der Waals surface area contributed by atoms with Gasteiger partial charge in [-0.1, -0.05) is 18.2 Å². The molecule has 1 aromatic carbocycles. The molecule has 1 N–H and O–H groups in total. The van der Waals surface area contributed by atoms with Crippen LogP contribution in [0.2, 0.25) is 0 Å². The third-order valence-electron chi connectivity index (χ3n) is 3.08. The number of amides is 1. The first kappa shape index (κ1) is 18.9. The van der Waals surface area contributed by atoms with Gasteiger partial charge < -0.3 is 10.1 Å². The standard InChI is InChI=1S/C16H16N2O5S2/c1-11(23-15(19)10-24-9-12-5-4-8-25-12)16(20)17-13-6-2-3-7-14(13)18(21)22/h2-8,11H,9-10H2,1H3,(H,17,20)/t11-/m1/s1. The number of carbonyl (C=O) groups excluding carboxylic acids is 2. The highest BCUT2D eigenvalue weighted by Gasteiger charge is 2.21. The van der Waals surface area contributed by atoms with Crippen molar-refractivity contribution in [3.05, 3.63) is 56.8 Å². The van der Waals surface area contributed by atoms with Crippen molar-refractivity contribution in [1.29, 1.82) is 0 Å². The molecule has 0 radical (unpaired) electrons. The molecule has 0 fully saturated rings. The second-order valence-corrected chi connectivity index (χ2v) is 6.99. The van der Waals surface area contributed by atoms with Crippen LogP contribution < -0.4 is 5.32 Å². The molecule has 0 saturated heterocycles. The van der Waals surface area contributed by atoms with E-state index in [9.17, 15) is 19.7 Å². The monoisotopic (exact) mass is 380 g/mol. The number of nitrogens with one attached hydrogen (secondary N) is 1. The Balaban J connectivity index is 1.81. The summed E-state index contributed by atoms with van der Waals surface area (Å²) in [5, 5.41) is 15.3. The summed E-state index contributed by atoms with van der Waals surface area (Å²) in [6, 6.07) is 9.69. The molecule has 25 heavy (non-hydrogen) atoms. The average Bonchev–Trinajstić information content (AvgIpc) is 3.08. The van der Waals surface area contributed by atoms with Crippen molar-refractivity contribution in [2.75, 3.05) is 11.1 Å². The minimum absolute atomic E-state index is 0.0625. The Morgan fingerprint density at radius 1 is 1.32 bits per heavy atom. The quantitative estimate of drug-likeness (QED) is 0.428. The van der Waals surface area contributed by atoms with Gasteiger partial charge in [0.15, 0.2) is 6.10 Å². The zero-order valence-corrected chi connectivity index (χ0v) is 15.0. The number of thioether (sulfide) groups is 1. The third-order valence-corrected chi connectivity index (χ3v) is 5.09. The Morgan fingerprint density at radius 3 is 2.76 bits per heavy atom. The summed E-state index contributed by atoms with van der Waals surface area (Å²) in [5.74, 6) is -0.303. The molecule has 0 unspecified atom stereocenters. The molecule has 7 nitrogen and oxygen atoms in total. The van der Waals surface area contributed by atoms with Crippen LogP contribution in [0.4, 0.5) is 11.4 Å². The molecular formula is C16H16N2O5S2. The summed E-state index contributed by atoms with van der Waals surface area (Å²) < 4.78 is 5.07. The first-order valence-electron chi connectivity index (χ1n) is 7.31. The van der Waals surface area contributed by atoms with Crippen molar-refractivity contribution in [3.63, 3.8) is 0 Å². The van der Waals surface area contributed by atoms with Gasteiger partial charge >= 0.3 is 5.97 Å². The summed E-state index contributed by atoms with van der Waals surface area (Å²) in [6.45, 7) is 1.42. The summed E-state index contributed by atoms with van der Waals surface area (Å²) in [5.41, 5.74) is -0.159. The number of ether oxygens (including phenoxy) is 1. The lowest BCUT2D eigenvalue weighted by Crippen LogP contribution is -2.30. The lowest BCUT2D eigenvalue weighted by molar-refractivity contribution is -0.383. The predicted molar refractivity (Wildman–Crippen MR) is 97.8 cm³/mol. The van der Waals surface area contributed by atoms with E-state index in [1.807, 2.05) is 17.5 Å². The summed E-state index contributed by atoms with van der Waals surface area (Å²) in [6.07, 6.45) is -1.05. The summed E-state index contributed by atoms with van der Waals surface area (Å²) >= 11 is 3.00. The Kier molecular flexibility index (Phi) is 6.96. The Hall–Kier alpha value is -2.39. The zero-order chi connectivity index (χ0) is 18.2. The van der Waals surface area contributed by atoms with Gasteiger partial charge in [0.1, 0.15) is 5.69 Å². The van der Waals surface area contributed by atoms with Crippen LogP contribution in [0.15, 0.2) is 41.8 Å². The Morgan fingerprint density at radius 2 is 2.08 bits per heavy atom. The number of hydrogen-bond acceptors (Lipinski definition) is 7. The molecule has 0 spiro atoms. The van der Waals surface area contributed by atoms with E-state index in [0.29, 0.717) is 5.75 Å². The van der Waals surface area contributed by atoms with E-state index >= 15 is 0 Å². The third kappa shape index (κ3) is 5.87. The van der Waals surface area contributed by atoms with Crippen LogP contribution >= 0.6 is 23.1 Å². The lowest BCUT2D eigenvalue weighted by atomic mass is 10.2. The molecule has 0 aliphatic heterocycles. The highest BCUT2D eigenvalue weighted by molar-refractivity contribution is 7.99. The molecule has 1 aromatic heterocycles. The first-order valence-corrected chi connectivity index (χ1v) is 9.34. The van der Waals surface area contributed by atoms with E-state index in [1.54, 1.807) is 17.4 Å². The molecular weight excluding hydrogens is 364 g/mol. The van der Waals surface area contributed by atoms with Gasteiger partial charge in [-0.3, -0.25) is 19.7 Å². The van der Waals surface area contributed by atoms with E-state index in [2.05, 4.69) is 5.32 Å². The van der Waals surface area contributed by atoms with Gasteiger partial charge in [-0.15, -0.1) is 23.1 Å². The highest BCUT2D eigenvalue weighted by Crippen LogP contribution is 2.23. The fourth-order valence-electron chi connectivity index (χ4n) is 1.89. The number of thiophene rings is 1. The molecule has 132 valence electrons. The number of hydrogen-bond donors (Lipinski definition) is 1. The fraction of sp³-hybridized carbons (Fsp3) is 0.250. The van der Waals surface area contributed by atoms with Gasteiger partial charge in [-0.2, -0.15) is 0 Å². The minimum atomic E-state index is -1.05. The van der Waals surface area contributed by atoms with Gasteiger partial charge in [0.05, 0.1) is 10.7 Å². The number of nitro benzene ring substituents is 1. The van der Waals surface area contributed by atoms with Crippen LogP contribution in [0.1, 0.15) is 11.8 Å². The number of rotatable bonds is 8. The van der Waals surface area contributed by atoms with Gasteiger partial charge in [-0.05, 0) is 24.4 Å². The number of carbonyl (C=O) groups is 2. The van der Waals surface area contributed by atoms with Crippen molar-refractivity contribution in [1.82, 2.24) is 0 Å². The fourth-order valence-corrected chi connectivity index (χ4v) is 3.53. The molecule has 0 saturated carbocycles. The largest absolute Gasteiger partial charge is 0.452 e. The number of para-hydroxylation sites is 2. The smallest absolute Gasteiger partial charge is 0.316 e. The summed E-state index contributed by atoms with van der Waals surface area (Å²) in [7, 11) is 0. The normalized spacial score (nSPS) is 11.6. The van der Waals surface area contributed by atoms with Crippen LogP contribution in [-0.4, -0.2) is 28.7 Å². The predicted octanol–water partition coefficient (Wildman–Crippen LogP) is 3.46. The van der Waals surface area contributed by atoms with Gasteiger partial charge in [0, 0.05) is 16.7 Å². The number of esters is 1. The van der Waals surface area contributed by atoms with Gasteiger partial charge in [0.2, 0.25) is 0 Å². The number of nitrogens with zero attached hydrogens (tertiary/aromatic N) is 1. The molecule has 1 amide bonds. The molecule has 1 atom stereocenters. The second kappa shape index (κ2) is 9.19. The molecule has 2 rings (SSSR count). The Bertz CT molecular complexity index is 749. The van der Waals surface area contributed by atoms with E-state index in [1.165, 1.54) is 36.9 Å². The zero-order valence-electron chi connectivity index (χ0n) is 13.3. The molecule has 0 aliphatic carbocycles. The average molecular weight is 380 g/mol. The Labute approximate surface area is 152 Å². The van der Waals surface area contributed by atoms with Crippen molar-refractivity contribution in [2.45, 2.75) is 18.8 Å². The topological polar surface area (TPSA) is 98.5 Å². The van der Waals surface area contributed by atoms with E-state index in [-0.39, 0.29) is 17.1 Å². The van der Waals surface area contributed by atoms with Gasteiger partial charge in [-0.25, -0.2) is 0 Å². The first-order chi connectivity index (χ1) is 12.0. The van der Waals surface area contributed by atoms with Gasteiger partial charge in [0.25, 0.3) is 11.6 Å². The maximum atomic E-state index is 12.1. The molecule has 2 aromatic rings. The van der Waals surface area contributed by atoms with E-state index in [0.717, 1.165) is 4.88 Å². The van der Waals surface area contributed by atoms with Crippen LogP contribution in [0.5, 0.6) is 0 Å². The van der Waals surface area contributed by atoms with Crippen LogP contribution in [0, 0.1) is 10.1 Å². The molecule has 0 bridgehead atoms. The van der Waals surface area contributed by atoms with E-state index in [4.69, 9.17) is 4.74 Å². The highest BCUT2D eigenvalue weighted by atomic mass is 32.2. The van der Waals surface area contributed by atoms with Crippen molar-refractivity contribution < 1.29 is 19.2 Å². The SMILES string of the molecule is C[C@@H](OC(=O)CSCc1cccs1)C(=O)Nc1ccccc1[N+](=O)[O-]. The summed E-state index contributed by atoms with van der Waals surface area (Å²) in [4.78, 5) is 35.3. The maximum absolute atomic E-state index is 12.1. The van der Waals surface area contributed by atoms with Crippen molar-refractivity contribution in [2.24, 2.45) is 0 Å². The number of nitro groups is 1. The van der Waals surface area contributed by atoms with E-state index < -0.39 is 22.9 Å². The van der Waals surface area contributed by atoms with Crippen LogP contribution in [0.25, 0.3) is 0 Å². The van der Waals surface area contributed by atoms with Crippen molar-refractivity contribution >= 4 is 46.3 Å². The second-order valence-electron chi connectivity index (χ2n) is 4.97. The molecule has 1 heterocycles. The van der Waals surface area contributed by atoms with Crippen molar-refractivity contribution in [3.8, 4) is 0 Å². The minimum Gasteiger partial charge on any atom is -0.452 e. The number of anilines is 1. The maximum Gasteiger partial charge on any atom is 0.316 e. The van der Waals surface area contributed by atoms with Crippen LogP contribution in [-0.2, 0) is 20.1 Å². The molecule has 9 heteroatoms. The van der Waals surface area contributed by atoms with Crippen LogP contribution in [0.3, 0.4) is 0 Å².